The van der Waals surface area contributed by atoms with Crippen LogP contribution in [0, 0.1) is 10.1 Å². The molecule has 2 fully saturated rings. The Balaban J connectivity index is 1.36. The Morgan fingerprint density at radius 1 is 1.32 bits per heavy atom. The monoisotopic (exact) mass is 602 g/mol. The molecule has 3 heterocycles. The number of alkyl halides is 1. The number of nitro groups is 1. The molecule has 1 aromatic carbocycles. The molecule has 2 aromatic rings. The zero-order chi connectivity index (χ0) is 27.1. The molecule has 2 aliphatic carbocycles. The van der Waals surface area contributed by atoms with Crippen molar-refractivity contribution in [2.45, 2.75) is 60.2 Å². The van der Waals surface area contributed by atoms with Crippen LogP contribution in [-0.4, -0.2) is 52.3 Å². The molecule has 6 rings (SSSR count). The molecule has 0 radical (unpaired) electrons. The summed E-state index contributed by atoms with van der Waals surface area (Å²) < 4.78 is 6.21. The number of carboxylic acids is 1. The second-order valence-electron chi connectivity index (χ2n) is 10.1. The van der Waals surface area contributed by atoms with Gasteiger partial charge in [0.15, 0.2) is 10.4 Å². The number of β-lactam (4-membered cyclic amide) rings is 1. The van der Waals surface area contributed by atoms with E-state index in [2.05, 4.69) is 15.9 Å². The normalized spacial score (nSPS) is 27.7. The van der Waals surface area contributed by atoms with Gasteiger partial charge in [0.05, 0.1) is 4.92 Å². The highest BCUT2D eigenvalue weighted by Crippen LogP contribution is 2.63. The number of ether oxygens (including phenoxy) is 1. The number of fused-ring (bicyclic) bond motifs is 6. The summed E-state index contributed by atoms with van der Waals surface area (Å²) in [5.74, 6) is -1.64. The van der Waals surface area contributed by atoms with Crippen LogP contribution in [0.2, 0.25) is 0 Å². The molecule has 4 unspecified atom stereocenters. The summed E-state index contributed by atoms with van der Waals surface area (Å²) in [5, 5.41) is 25.1. The number of aliphatic carboxylic acids is 1. The van der Waals surface area contributed by atoms with Crippen molar-refractivity contribution in [3.63, 3.8) is 0 Å². The summed E-state index contributed by atoms with van der Waals surface area (Å²) in [6, 6.07) is 5.85. The van der Waals surface area contributed by atoms with Gasteiger partial charge in [0.25, 0.3) is 11.6 Å². The van der Waals surface area contributed by atoms with Gasteiger partial charge < -0.3 is 9.84 Å². The summed E-state index contributed by atoms with van der Waals surface area (Å²) in [6.45, 7) is 1.28. The fourth-order valence-corrected chi connectivity index (χ4v) is 8.89. The van der Waals surface area contributed by atoms with Crippen LogP contribution in [0.3, 0.4) is 0 Å². The molecular formula is C25H23BrN4O7S. The van der Waals surface area contributed by atoms with Crippen molar-refractivity contribution < 1.29 is 29.2 Å². The molecule has 1 aromatic heterocycles. The van der Waals surface area contributed by atoms with Gasteiger partial charge >= 0.3 is 11.9 Å². The number of nitro benzene ring substituents is 1. The molecule has 5 atom stereocenters. The Morgan fingerprint density at radius 2 is 2.00 bits per heavy atom. The molecule has 38 heavy (non-hydrogen) atoms. The van der Waals surface area contributed by atoms with Gasteiger partial charge in [0, 0.05) is 54.6 Å². The zero-order valence-corrected chi connectivity index (χ0v) is 22.8. The average Bonchev–Trinajstić information content (AvgIpc) is 3.63. The third-order valence-corrected chi connectivity index (χ3v) is 10.8. The van der Waals surface area contributed by atoms with Gasteiger partial charge in [0.2, 0.25) is 0 Å². The molecule has 0 spiro atoms. The number of nitrogens with zero attached hydrogens (tertiary/aromatic N) is 4. The van der Waals surface area contributed by atoms with Crippen molar-refractivity contribution in [3.05, 3.63) is 67.5 Å². The maximum Gasteiger partial charge on any atom is 0.353 e. The van der Waals surface area contributed by atoms with E-state index in [1.165, 1.54) is 35.7 Å². The van der Waals surface area contributed by atoms with Crippen molar-refractivity contribution in [1.29, 1.82) is 0 Å². The summed E-state index contributed by atoms with van der Waals surface area (Å²) in [7, 11) is 1.86. The number of allylic oxidation sites excluding steroid dienone is 1. The van der Waals surface area contributed by atoms with E-state index in [4.69, 9.17) is 9.84 Å². The minimum atomic E-state index is -1.41. The van der Waals surface area contributed by atoms with Gasteiger partial charge in [-0.3, -0.25) is 29.3 Å². The SMILES string of the molecule is CC(=O)OC(c1nn(C)c2c1C1CCC2C1)C1(Br)C(=O)N2C(C(=O)O)=C(Cc3ccc([N+](=O)[O-])cc3)S[C@@H]21. The highest BCUT2D eigenvalue weighted by molar-refractivity contribution is 9.10. The number of hydrogen-bond acceptors (Lipinski definition) is 8. The molecule has 1 N–H and O–H groups in total. The first-order valence-electron chi connectivity index (χ1n) is 12.1. The number of rotatable bonds is 7. The zero-order valence-electron chi connectivity index (χ0n) is 20.4. The molecule has 2 bridgehead atoms. The van der Waals surface area contributed by atoms with Gasteiger partial charge in [-0.15, -0.1) is 11.8 Å². The molecule has 1 amide bonds. The Kier molecular flexibility index (Phi) is 5.73. The van der Waals surface area contributed by atoms with Crippen LogP contribution in [-0.2, 0) is 32.6 Å². The molecule has 2 aliphatic heterocycles. The topological polar surface area (TPSA) is 145 Å². The van der Waals surface area contributed by atoms with E-state index in [0.717, 1.165) is 30.5 Å². The quantitative estimate of drug-likeness (QED) is 0.164. The van der Waals surface area contributed by atoms with E-state index < -0.39 is 38.6 Å². The number of esters is 1. The number of aromatic nitrogens is 2. The van der Waals surface area contributed by atoms with Crippen LogP contribution >= 0.6 is 27.7 Å². The van der Waals surface area contributed by atoms with Crippen molar-refractivity contribution in [1.82, 2.24) is 14.7 Å². The highest BCUT2D eigenvalue weighted by Gasteiger charge is 2.71. The van der Waals surface area contributed by atoms with Crippen LogP contribution in [0.1, 0.15) is 66.6 Å². The Labute approximate surface area is 229 Å². The number of thioether (sulfide) groups is 1. The lowest BCUT2D eigenvalue weighted by Gasteiger charge is -2.51. The van der Waals surface area contributed by atoms with Crippen LogP contribution < -0.4 is 0 Å². The van der Waals surface area contributed by atoms with Crippen LogP contribution in [0.4, 0.5) is 5.69 Å². The molecule has 1 saturated carbocycles. The maximum atomic E-state index is 13.7. The maximum absolute atomic E-state index is 13.7. The minimum Gasteiger partial charge on any atom is -0.477 e. The van der Waals surface area contributed by atoms with Gasteiger partial charge in [0.1, 0.15) is 16.8 Å². The van der Waals surface area contributed by atoms with E-state index in [0.29, 0.717) is 28.0 Å². The third-order valence-electron chi connectivity index (χ3n) is 7.91. The van der Waals surface area contributed by atoms with Gasteiger partial charge in [-0.25, -0.2) is 4.79 Å². The molecule has 198 valence electrons. The Morgan fingerprint density at radius 3 is 2.63 bits per heavy atom. The average molecular weight is 603 g/mol. The molecule has 1 saturated heterocycles. The van der Waals surface area contributed by atoms with Crippen LogP contribution in [0.15, 0.2) is 34.9 Å². The predicted molar refractivity (Wildman–Crippen MR) is 138 cm³/mol. The molecule has 4 aliphatic rings. The lowest BCUT2D eigenvalue weighted by atomic mass is 9.84. The van der Waals surface area contributed by atoms with Crippen molar-refractivity contribution in [2.24, 2.45) is 7.05 Å². The number of carbonyl (C=O) groups is 3. The number of halogens is 1. The Hall–Kier alpha value is -3.19. The van der Waals surface area contributed by atoms with Crippen LogP contribution in [0.5, 0.6) is 0 Å². The van der Waals surface area contributed by atoms with Gasteiger partial charge in [-0.1, -0.05) is 28.1 Å². The molecular weight excluding hydrogens is 580 g/mol. The smallest absolute Gasteiger partial charge is 0.353 e. The third kappa shape index (κ3) is 3.47. The second-order valence-corrected chi connectivity index (χ2v) is 12.6. The lowest BCUT2D eigenvalue weighted by Crippen LogP contribution is -2.70. The number of carboxylic acid groups (broad SMARTS) is 1. The fourth-order valence-electron chi connectivity index (χ4n) is 6.38. The summed E-state index contributed by atoms with van der Waals surface area (Å²) >= 11 is 4.84. The lowest BCUT2D eigenvalue weighted by molar-refractivity contribution is -0.384. The van der Waals surface area contributed by atoms with Gasteiger partial charge in [-0.2, -0.15) is 5.10 Å². The first-order chi connectivity index (χ1) is 18.0. The fraction of sp³-hybridized carbons (Fsp3) is 0.440. The molecule has 11 nitrogen and oxygen atoms in total. The van der Waals surface area contributed by atoms with E-state index >= 15 is 0 Å². The first-order valence-corrected chi connectivity index (χ1v) is 13.8. The minimum absolute atomic E-state index is 0.0699. The number of amides is 1. The van der Waals surface area contributed by atoms with E-state index in [1.807, 2.05) is 11.7 Å². The number of non-ortho nitro benzene ring substituents is 1. The predicted octanol–water partition coefficient (Wildman–Crippen LogP) is 3.88. The largest absolute Gasteiger partial charge is 0.477 e. The number of carbonyl (C=O) groups excluding carboxylic acids is 2. The Bertz CT molecular complexity index is 1450. The second kappa shape index (κ2) is 8.67. The number of aryl methyl sites for hydroxylation is 1. The van der Waals surface area contributed by atoms with E-state index in [9.17, 15) is 29.6 Å². The summed E-state index contributed by atoms with van der Waals surface area (Å²) in [5.41, 5.74) is 3.18. The highest BCUT2D eigenvalue weighted by atomic mass is 79.9. The number of hydrogen-bond donors (Lipinski definition) is 1. The number of benzene rings is 1. The standard InChI is InChI=1S/C25H23BrN4O7S/c1-11(31)37-21(18-17-13-5-6-14(10-13)19(17)28(2)27-18)25(26)23(34)29-20(22(32)33)16(38-24(25)29)9-12-3-7-15(8-4-12)30(35)36/h3-4,7-8,13-14,21,24H,5-6,9-10H2,1-2H3,(H,32,33)/t13?,14?,21?,24-,25?/m1/s1. The van der Waals surface area contributed by atoms with Crippen molar-refractivity contribution in [2.75, 3.05) is 0 Å². The van der Waals surface area contributed by atoms with Crippen LogP contribution in [0.25, 0.3) is 0 Å². The summed E-state index contributed by atoms with van der Waals surface area (Å²) in [6.07, 6.45) is 2.25. The van der Waals surface area contributed by atoms with Crippen molar-refractivity contribution in [3.8, 4) is 0 Å². The molecule has 13 heteroatoms. The van der Waals surface area contributed by atoms with Gasteiger partial charge in [-0.05, 0) is 30.7 Å². The van der Waals surface area contributed by atoms with E-state index in [-0.39, 0.29) is 17.8 Å². The first kappa shape index (κ1) is 25.1. The summed E-state index contributed by atoms with van der Waals surface area (Å²) in [4.78, 5) is 50.4. The van der Waals surface area contributed by atoms with E-state index in [1.54, 1.807) is 12.1 Å². The van der Waals surface area contributed by atoms with Crippen molar-refractivity contribution >= 4 is 51.2 Å².